The second-order valence-corrected chi connectivity index (χ2v) is 11.7. The highest BCUT2D eigenvalue weighted by Gasteiger charge is 2.33. The number of aryl methyl sites for hydroxylation is 1. The van der Waals surface area contributed by atoms with Crippen molar-refractivity contribution < 1.29 is 13.2 Å². The Hall–Kier alpha value is -2.73. The fraction of sp³-hybridized carbons (Fsp3) is 0.360. The number of thiophene rings is 1. The molecule has 1 aliphatic heterocycles. The van der Waals surface area contributed by atoms with Crippen LogP contribution in [-0.2, 0) is 27.7 Å². The number of hydrogen-bond donors (Lipinski definition) is 1. The summed E-state index contributed by atoms with van der Waals surface area (Å²) in [6, 6.07) is 15.2. The third-order valence-corrected chi connectivity index (χ3v) is 9.81. The molecule has 0 saturated carbocycles. The van der Waals surface area contributed by atoms with Crippen molar-refractivity contribution >= 4 is 43.0 Å². The second-order valence-electron chi connectivity index (χ2n) is 8.70. The van der Waals surface area contributed by atoms with E-state index in [0.29, 0.717) is 36.5 Å². The Kier molecular flexibility index (Phi) is 5.95. The first kappa shape index (κ1) is 22.1. The van der Waals surface area contributed by atoms with Crippen LogP contribution in [0.15, 0.2) is 47.4 Å². The molecule has 0 spiro atoms. The van der Waals surface area contributed by atoms with E-state index in [2.05, 4.69) is 11.4 Å². The van der Waals surface area contributed by atoms with Crippen LogP contribution in [0.2, 0.25) is 0 Å². The van der Waals surface area contributed by atoms with Gasteiger partial charge in [-0.15, -0.1) is 11.3 Å². The minimum absolute atomic E-state index is 0.118. The molecule has 0 unspecified atom stereocenters. The van der Waals surface area contributed by atoms with Gasteiger partial charge in [-0.2, -0.15) is 9.57 Å². The van der Waals surface area contributed by atoms with Gasteiger partial charge in [-0.05, 0) is 67.0 Å². The van der Waals surface area contributed by atoms with Crippen LogP contribution in [0.3, 0.4) is 0 Å². The van der Waals surface area contributed by atoms with Crippen LogP contribution >= 0.6 is 11.3 Å². The van der Waals surface area contributed by atoms with Gasteiger partial charge in [0.05, 0.1) is 10.5 Å². The fourth-order valence-electron chi connectivity index (χ4n) is 4.82. The summed E-state index contributed by atoms with van der Waals surface area (Å²) in [5, 5.41) is 15.1. The van der Waals surface area contributed by atoms with Crippen LogP contribution in [-0.4, -0.2) is 31.7 Å². The third-order valence-electron chi connectivity index (χ3n) is 6.70. The molecule has 5 rings (SSSR count). The highest BCUT2D eigenvalue weighted by atomic mass is 32.2. The zero-order chi connectivity index (χ0) is 23.0. The van der Waals surface area contributed by atoms with Crippen molar-refractivity contribution in [3.63, 3.8) is 0 Å². The predicted molar refractivity (Wildman–Crippen MR) is 130 cm³/mol. The van der Waals surface area contributed by atoms with E-state index in [1.165, 1.54) is 20.5 Å². The van der Waals surface area contributed by atoms with Gasteiger partial charge in [-0.3, -0.25) is 4.79 Å². The van der Waals surface area contributed by atoms with Gasteiger partial charge >= 0.3 is 0 Å². The van der Waals surface area contributed by atoms with Gasteiger partial charge in [-0.1, -0.05) is 30.3 Å². The molecule has 0 bridgehead atoms. The van der Waals surface area contributed by atoms with Crippen LogP contribution in [0.25, 0.3) is 10.8 Å². The number of nitriles is 1. The maximum atomic E-state index is 13.2. The average molecular weight is 480 g/mol. The topological polar surface area (TPSA) is 90.3 Å². The number of sulfonamides is 1. The monoisotopic (exact) mass is 479 g/mol. The van der Waals surface area contributed by atoms with E-state index in [1.807, 2.05) is 30.3 Å². The number of nitrogens with zero attached hydrogens (tertiary/aromatic N) is 2. The van der Waals surface area contributed by atoms with E-state index in [-0.39, 0.29) is 16.7 Å². The van der Waals surface area contributed by atoms with Gasteiger partial charge in [0.15, 0.2) is 0 Å². The van der Waals surface area contributed by atoms with E-state index < -0.39 is 10.0 Å². The lowest BCUT2D eigenvalue weighted by Gasteiger charge is -2.30. The molecule has 1 saturated heterocycles. The summed E-state index contributed by atoms with van der Waals surface area (Å²) in [5.41, 5.74) is 1.71. The Morgan fingerprint density at radius 1 is 1.06 bits per heavy atom. The van der Waals surface area contributed by atoms with Crippen molar-refractivity contribution in [3.8, 4) is 6.07 Å². The van der Waals surface area contributed by atoms with Crippen LogP contribution in [0, 0.1) is 17.2 Å². The molecule has 1 aliphatic carbocycles. The van der Waals surface area contributed by atoms with Crippen LogP contribution in [0.4, 0.5) is 5.00 Å². The summed E-state index contributed by atoms with van der Waals surface area (Å²) >= 11 is 1.52. The molecule has 1 amide bonds. The molecule has 8 heteroatoms. The largest absolute Gasteiger partial charge is 0.316 e. The molecular weight excluding hydrogens is 454 g/mol. The van der Waals surface area contributed by atoms with Crippen molar-refractivity contribution in [2.45, 2.75) is 43.4 Å². The Morgan fingerprint density at radius 2 is 1.79 bits per heavy atom. The molecule has 2 aliphatic rings. The highest BCUT2D eigenvalue weighted by molar-refractivity contribution is 7.89. The first-order valence-corrected chi connectivity index (χ1v) is 13.6. The number of carbonyl (C=O) groups excluding carboxylic acids is 1. The van der Waals surface area contributed by atoms with E-state index in [9.17, 15) is 18.5 Å². The van der Waals surface area contributed by atoms with Crippen LogP contribution in [0.1, 0.15) is 41.7 Å². The van der Waals surface area contributed by atoms with Gasteiger partial charge in [0.25, 0.3) is 0 Å². The molecular formula is C25H25N3O3S2. The maximum Gasteiger partial charge on any atom is 0.243 e. The first-order valence-electron chi connectivity index (χ1n) is 11.3. The van der Waals surface area contributed by atoms with Gasteiger partial charge in [-0.25, -0.2) is 8.42 Å². The average Bonchev–Trinajstić information content (AvgIpc) is 3.20. The zero-order valence-corrected chi connectivity index (χ0v) is 19.8. The summed E-state index contributed by atoms with van der Waals surface area (Å²) in [6.07, 6.45) is 4.99. The van der Waals surface area contributed by atoms with Crippen molar-refractivity contribution in [2.75, 3.05) is 18.4 Å². The summed E-state index contributed by atoms with van der Waals surface area (Å²) in [4.78, 5) is 14.4. The number of benzene rings is 2. The normalized spacial score (nSPS) is 17.4. The highest BCUT2D eigenvalue weighted by Crippen LogP contribution is 2.38. The molecule has 3 aromatic rings. The molecule has 1 aromatic heterocycles. The number of carbonyl (C=O) groups is 1. The van der Waals surface area contributed by atoms with E-state index in [1.54, 1.807) is 12.1 Å². The van der Waals surface area contributed by atoms with Gasteiger partial charge < -0.3 is 5.32 Å². The smallest absolute Gasteiger partial charge is 0.243 e. The number of amides is 1. The summed E-state index contributed by atoms with van der Waals surface area (Å²) in [7, 11) is -3.61. The van der Waals surface area contributed by atoms with Crippen LogP contribution in [0.5, 0.6) is 0 Å². The summed E-state index contributed by atoms with van der Waals surface area (Å²) < 4.78 is 27.8. The quantitative estimate of drug-likeness (QED) is 0.588. The lowest BCUT2D eigenvalue weighted by molar-refractivity contribution is -0.120. The van der Waals surface area contributed by atoms with E-state index in [0.717, 1.165) is 42.0 Å². The first-order chi connectivity index (χ1) is 16.0. The zero-order valence-electron chi connectivity index (χ0n) is 18.2. The maximum absolute atomic E-state index is 13.2. The minimum Gasteiger partial charge on any atom is -0.316 e. The standard InChI is InChI=1S/C25H25N3O3S2/c26-16-22-21-7-3-4-8-23(21)32-25(22)27-24(29)18-11-13-28(14-12-18)33(30,31)20-10-9-17-5-1-2-6-19(17)15-20/h1-2,5-6,9-10,15,18H,3-4,7-8,11-14H2,(H,27,29). The Balaban J connectivity index is 1.26. The molecule has 33 heavy (non-hydrogen) atoms. The summed E-state index contributed by atoms with van der Waals surface area (Å²) in [5.74, 6) is -0.383. The Morgan fingerprint density at radius 3 is 2.55 bits per heavy atom. The number of rotatable bonds is 4. The predicted octanol–water partition coefficient (Wildman–Crippen LogP) is 4.69. The molecule has 2 heterocycles. The minimum atomic E-state index is -3.61. The number of fused-ring (bicyclic) bond motifs is 2. The Labute approximate surface area is 197 Å². The number of piperidine rings is 1. The van der Waals surface area contributed by atoms with E-state index >= 15 is 0 Å². The number of anilines is 1. The summed E-state index contributed by atoms with van der Waals surface area (Å²) in [6.45, 7) is 0.610. The molecule has 1 N–H and O–H groups in total. The van der Waals surface area contributed by atoms with Gasteiger partial charge in [0, 0.05) is 23.9 Å². The van der Waals surface area contributed by atoms with Crippen molar-refractivity contribution in [1.82, 2.24) is 4.31 Å². The molecule has 6 nitrogen and oxygen atoms in total. The Bertz CT molecular complexity index is 1360. The van der Waals surface area contributed by atoms with Gasteiger partial charge in [0.1, 0.15) is 11.1 Å². The number of nitrogens with one attached hydrogen (secondary N) is 1. The molecule has 170 valence electrons. The lowest BCUT2D eigenvalue weighted by Crippen LogP contribution is -2.41. The fourth-order valence-corrected chi connectivity index (χ4v) is 7.57. The van der Waals surface area contributed by atoms with Crippen molar-refractivity contribution in [3.05, 3.63) is 58.5 Å². The second kappa shape index (κ2) is 8.90. The van der Waals surface area contributed by atoms with Crippen molar-refractivity contribution in [1.29, 1.82) is 5.26 Å². The molecule has 2 aromatic carbocycles. The van der Waals surface area contributed by atoms with E-state index in [4.69, 9.17) is 0 Å². The molecule has 0 radical (unpaired) electrons. The molecule has 0 atom stereocenters. The van der Waals surface area contributed by atoms with Crippen molar-refractivity contribution in [2.24, 2.45) is 5.92 Å². The molecule has 1 fully saturated rings. The lowest BCUT2D eigenvalue weighted by atomic mass is 9.95. The third kappa shape index (κ3) is 4.17. The number of hydrogen-bond acceptors (Lipinski definition) is 5. The van der Waals surface area contributed by atoms with Gasteiger partial charge in [0.2, 0.25) is 15.9 Å². The van der Waals surface area contributed by atoms with Crippen LogP contribution < -0.4 is 5.32 Å². The SMILES string of the molecule is N#Cc1c(NC(=O)C2CCN(S(=O)(=O)c3ccc4ccccc4c3)CC2)sc2c1CCCC2.